The molecule has 1 aliphatic rings. The first-order valence-electron chi connectivity index (χ1n) is 9.11. The summed E-state index contributed by atoms with van der Waals surface area (Å²) in [5.41, 5.74) is 7.06. The van der Waals surface area contributed by atoms with Crippen molar-refractivity contribution in [3.05, 3.63) is 36.2 Å². The van der Waals surface area contributed by atoms with Crippen molar-refractivity contribution in [3.63, 3.8) is 0 Å². The van der Waals surface area contributed by atoms with Crippen LogP contribution in [-0.4, -0.2) is 35.5 Å². The number of aromatic nitrogens is 2. The summed E-state index contributed by atoms with van der Waals surface area (Å²) in [6, 6.07) is 6.72. The van der Waals surface area contributed by atoms with E-state index in [0.717, 1.165) is 37.5 Å². The van der Waals surface area contributed by atoms with Gasteiger partial charge in [0.2, 0.25) is 5.91 Å². The molecule has 1 amide bonds. The summed E-state index contributed by atoms with van der Waals surface area (Å²) < 4.78 is 25.2. The van der Waals surface area contributed by atoms with E-state index in [9.17, 15) is 18.3 Å². The van der Waals surface area contributed by atoms with Crippen LogP contribution in [0.5, 0.6) is 0 Å². The van der Waals surface area contributed by atoms with Crippen molar-refractivity contribution in [3.8, 4) is 11.1 Å². The lowest BCUT2D eigenvalue weighted by molar-refractivity contribution is -0.120. The highest BCUT2D eigenvalue weighted by molar-refractivity contribution is 7.90. The second-order valence-electron chi connectivity index (χ2n) is 7.18. The number of amides is 1. The van der Waals surface area contributed by atoms with Crippen LogP contribution in [0.3, 0.4) is 0 Å². The molecule has 1 fully saturated rings. The zero-order valence-electron chi connectivity index (χ0n) is 15.3. The highest BCUT2D eigenvalue weighted by Gasteiger charge is 2.24. The van der Waals surface area contributed by atoms with E-state index < -0.39 is 21.8 Å². The molecule has 1 aliphatic carbocycles. The molecular weight excluding hydrogens is 366 g/mol. The van der Waals surface area contributed by atoms with Crippen LogP contribution in [0.2, 0.25) is 0 Å². The van der Waals surface area contributed by atoms with E-state index in [0.29, 0.717) is 11.3 Å². The van der Waals surface area contributed by atoms with Gasteiger partial charge < -0.3 is 10.8 Å². The number of benzene rings is 1. The molecule has 0 spiro atoms. The van der Waals surface area contributed by atoms with Gasteiger partial charge in [-0.25, -0.2) is 8.42 Å². The molecule has 1 aromatic carbocycles. The standard InChI is InChI=1S/C19H25N3O4S/c1-27(25,26)15-9-7-13(8-10-15)16-12-22(14-5-3-2-4-6-14)21-19(16)17(23)11-18(20)24/h7-10,12,14,17,23H,2-6,11H2,1H3,(H2,20,24). The summed E-state index contributed by atoms with van der Waals surface area (Å²) in [4.78, 5) is 11.5. The molecule has 0 saturated heterocycles. The van der Waals surface area contributed by atoms with Crippen LogP contribution in [0.15, 0.2) is 35.4 Å². The lowest BCUT2D eigenvalue weighted by atomic mass is 9.96. The van der Waals surface area contributed by atoms with Crippen molar-refractivity contribution in [1.82, 2.24) is 9.78 Å². The molecule has 1 heterocycles. The molecule has 146 valence electrons. The molecule has 2 aromatic rings. The van der Waals surface area contributed by atoms with Gasteiger partial charge in [0, 0.05) is 18.0 Å². The Bertz CT molecular complexity index is 913. The number of nitrogens with zero attached hydrogens (tertiary/aromatic N) is 2. The Morgan fingerprint density at radius 1 is 1.26 bits per heavy atom. The fourth-order valence-corrected chi connectivity index (χ4v) is 4.21. The fourth-order valence-electron chi connectivity index (χ4n) is 3.58. The van der Waals surface area contributed by atoms with Crippen LogP contribution >= 0.6 is 0 Å². The molecule has 1 saturated carbocycles. The van der Waals surface area contributed by atoms with Crippen LogP contribution in [0.4, 0.5) is 0 Å². The number of hydrogen-bond acceptors (Lipinski definition) is 5. The summed E-state index contributed by atoms with van der Waals surface area (Å²) >= 11 is 0. The average molecular weight is 391 g/mol. The maximum Gasteiger partial charge on any atom is 0.220 e. The molecule has 3 N–H and O–H groups in total. The fraction of sp³-hybridized carbons (Fsp3) is 0.474. The normalized spacial score (nSPS) is 17.0. The Balaban J connectivity index is 2.00. The Labute approximate surface area is 159 Å². The Morgan fingerprint density at radius 2 is 1.89 bits per heavy atom. The van der Waals surface area contributed by atoms with Crippen LogP contribution in [-0.2, 0) is 14.6 Å². The maximum absolute atomic E-state index is 11.7. The topological polar surface area (TPSA) is 115 Å². The lowest BCUT2D eigenvalue weighted by Crippen LogP contribution is -2.17. The number of rotatable bonds is 6. The third-order valence-corrected chi connectivity index (χ3v) is 6.14. The summed E-state index contributed by atoms with van der Waals surface area (Å²) in [7, 11) is -3.29. The third kappa shape index (κ3) is 4.56. The molecule has 1 unspecified atom stereocenters. The van der Waals surface area contributed by atoms with Gasteiger partial charge in [0.1, 0.15) is 6.10 Å². The van der Waals surface area contributed by atoms with Crippen molar-refractivity contribution in [2.24, 2.45) is 5.73 Å². The zero-order chi connectivity index (χ0) is 19.6. The molecule has 1 atom stereocenters. The van der Waals surface area contributed by atoms with Crippen molar-refractivity contribution in [2.75, 3.05) is 6.26 Å². The second kappa shape index (κ2) is 7.82. The van der Waals surface area contributed by atoms with E-state index in [1.54, 1.807) is 12.1 Å². The molecule has 0 radical (unpaired) electrons. The first-order valence-corrected chi connectivity index (χ1v) is 11.0. The third-order valence-electron chi connectivity index (χ3n) is 5.01. The maximum atomic E-state index is 11.7. The van der Waals surface area contributed by atoms with E-state index in [2.05, 4.69) is 5.10 Å². The van der Waals surface area contributed by atoms with Gasteiger partial charge in [0.15, 0.2) is 9.84 Å². The van der Waals surface area contributed by atoms with Crippen molar-refractivity contribution >= 4 is 15.7 Å². The minimum Gasteiger partial charge on any atom is -0.386 e. The molecule has 8 heteroatoms. The van der Waals surface area contributed by atoms with Crippen LogP contribution < -0.4 is 5.73 Å². The minimum absolute atomic E-state index is 0.212. The van der Waals surface area contributed by atoms with E-state index in [1.165, 1.54) is 18.6 Å². The molecule has 1 aromatic heterocycles. The van der Waals surface area contributed by atoms with Gasteiger partial charge in [0.05, 0.1) is 23.1 Å². The van der Waals surface area contributed by atoms with Crippen molar-refractivity contribution in [2.45, 2.75) is 55.6 Å². The second-order valence-corrected chi connectivity index (χ2v) is 9.20. The Kier molecular flexibility index (Phi) is 5.67. The molecule has 0 aliphatic heterocycles. The minimum atomic E-state index is -3.29. The molecule has 7 nitrogen and oxygen atoms in total. The predicted molar refractivity (Wildman–Crippen MR) is 102 cm³/mol. The van der Waals surface area contributed by atoms with Crippen LogP contribution in [0, 0.1) is 0 Å². The summed E-state index contributed by atoms with van der Waals surface area (Å²) in [5, 5.41) is 15.0. The Hall–Kier alpha value is -2.19. The Morgan fingerprint density at radius 3 is 2.44 bits per heavy atom. The van der Waals surface area contributed by atoms with E-state index in [1.807, 2.05) is 10.9 Å². The highest BCUT2D eigenvalue weighted by atomic mass is 32.2. The number of hydrogen-bond donors (Lipinski definition) is 2. The van der Waals surface area contributed by atoms with Gasteiger partial charge in [-0.05, 0) is 30.5 Å². The number of primary amides is 1. The smallest absolute Gasteiger partial charge is 0.220 e. The van der Waals surface area contributed by atoms with E-state index in [4.69, 9.17) is 5.73 Å². The van der Waals surface area contributed by atoms with E-state index >= 15 is 0 Å². The molecular formula is C19H25N3O4S. The summed E-state index contributed by atoms with van der Waals surface area (Å²) in [5.74, 6) is -0.604. The first kappa shape index (κ1) is 19.6. The average Bonchev–Trinajstić information content (AvgIpc) is 3.07. The molecule has 3 rings (SSSR count). The number of carbonyl (C=O) groups excluding carboxylic acids is 1. The molecule has 0 bridgehead atoms. The van der Waals surface area contributed by atoms with Gasteiger partial charge >= 0.3 is 0 Å². The quantitative estimate of drug-likeness (QED) is 0.784. The van der Waals surface area contributed by atoms with Crippen LogP contribution in [0.1, 0.15) is 56.4 Å². The molecule has 27 heavy (non-hydrogen) atoms. The number of carbonyl (C=O) groups is 1. The monoisotopic (exact) mass is 391 g/mol. The van der Waals surface area contributed by atoms with Crippen molar-refractivity contribution < 1.29 is 18.3 Å². The first-order chi connectivity index (χ1) is 12.8. The zero-order valence-corrected chi connectivity index (χ0v) is 16.2. The SMILES string of the molecule is CS(=O)(=O)c1ccc(-c2cn(C3CCCCC3)nc2C(O)CC(N)=O)cc1. The predicted octanol–water partition coefficient (Wildman–Crippen LogP) is 2.37. The van der Waals surface area contributed by atoms with Gasteiger partial charge in [-0.15, -0.1) is 0 Å². The van der Waals surface area contributed by atoms with Gasteiger partial charge in [-0.1, -0.05) is 31.4 Å². The van der Waals surface area contributed by atoms with Gasteiger partial charge in [-0.2, -0.15) is 5.10 Å². The number of aliphatic hydroxyl groups excluding tert-OH is 1. The van der Waals surface area contributed by atoms with Crippen molar-refractivity contribution in [1.29, 1.82) is 0 Å². The van der Waals surface area contributed by atoms with Gasteiger partial charge in [-0.3, -0.25) is 9.48 Å². The largest absolute Gasteiger partial charge is 0.386 e. The van der Waals surface area contributed by atoms with Gasteiger partial charge in [0.25, 0.3) is 0 Å². The number of sulfone groups is 1. The number of aliphatic hydroxyl groups is 1. The summed E-state index contributed by atoms with van der Waals surface area (Å²) in [6.07, 6.45) is 7.28. The van der Waals surface area contributed by atoms with E-state index in [-0.39, 0.29) is 17.4 Å². The number of nitrogens with two attached hydrogens (primary N) is 1. The van der Waals surface area contributed by atoms with Crippen LogP contribution in [0.25, 0.3) is 11.1 Å². The lowest BCUT2D eigenvalue weighted by Gasteiger charge is -2.21. The summed E-state index contributed by atoms with van der Waals surface area (Å²) in [6.45, 7) is 0. The highest BCUT2D eigenvalue weighted by Crippen LogP contribution is 2.34.